The van der Waals surface area contributed by atoms with Crippen molar-refractivity contribution < 1.29 is 9.53 Å². The van der Waals surface area contributed by atoms with Crippen LogP contribution in [-0.4, -0.2) is 20.1 Å². The Morgan fingerprint density at radius 3 is 2.43 bits per heavy atom. The molecule has 0 saturated carbocycles. The molecule has 4 nitrogen and oxygen atoms in total. The Labute approximate surface area is 125 Å². The normalized spacial score (nSPS) is 10.2. The van der Waals surface area contributed by atoms with Crippen LogP contribution in [0.2, 0.25) is 0 Å². The van der Waals surface area contributed by atoms with E-state index in [1.807, 2.05) is 48.5 Å². The van der Waals surface area contributed by atoms with Gasteiger partial charge in [-0.3, -0.25) is 4.79 Å². The first-order valence-electron chi connectivity index (χ1n) is 6.83. The molecule has 4 heteroatoms. The van der Waals surface area contributed by atoms with Gasteiger partial charge in [0.25, 0.3) is 0 Å². The number of carbonyl (C=O) groups is 1. The second kappa shape index (κ2) is 6.90. The number of hydrogen-bond donors (Lipinski definition) is 1. The van der Waals surface area contributed by atoms with Crippen LogP contribution in [0.1, 0.15) is 11.1 Å². The number of methoxy groups -OCH3 is 1. The number of rotatable bonds is 5. The van der Waals surface area contributed by atoms with Crippen LogP contribution in [0.15, 0.2) is 48.5 Å². The van der Waals surface area contributed by atoms with E-state index in [9.17, 15) is 4.79 Å². The molecule has 0 aliphatic rings. The minimum Gasteiger partial charge on any atom is -0.496 e. The molecule has 0 aliphatic heterocycles. The van der Waals surface area contributed by atoms with Gasteiger partial charge in [0.1, 0.15) is 5.75 Å². The van der Waals surface area contributed by atoms with Crippen LogP contribution >= 0.6 is 0 Å². The fraction of sp³-hybridized carbons (Fsp3) is 0.235. The summed E-state index contributed by atoms with van der Waals surface area (Å²) in [5.41, 5.74) is 8.36. The first-order valence-corrected chi connectivity index (χ1v) is 6.83. The summed E-state index contributed by atoms with van der Waals surface area (Å²) in [5.74, 6) is 0.748. The average Bonchev–Trinajstić information content (AvgIpc) is 2.54. The zero-order valence-corrected chi connectivity index (χ0v) is 12.4. The highest BCUT2D eigenvalue weighted by molar-refractivity contribution is 5.94. The maximum absolute atomic E-state index is 12.4. The Balaban J connectivity index is 2.11. The van der Waals surface area contributed by atoms with Crippen molar-refractivity contribution in [2.75, 3.05) is 19.1 Å². The Morgan fingerprint density at radius 2 is 1.81 bits per heavy atom. The molecule has 0 spiro atoms. The number of carbonyl (C=O) groups excluding carboxylic acids is 1. The van der Waals surface area contributed by atoms with E-state index in [0.717, 1.165) is 22.6 Å². The molecule has 0 aromatic heterocycles. The highest BCUT2D eigenvalue weighted by Gasteiger charge is 2.14. The van der Waals surface area contributed by atoms with E-state index in [-0.39, 0.29) is 5.91 Å². The van der Waals surface area contributed by atoms with Crippen molar-refractivity contribution in [3.05, 3.63) is 59.7 Å². The Morgan fingerprint density at radius 1 is 1.14 bits per heavy atom. The smallest absolute Gasteiger partial charge is 0.231 e. The fourth-order valence-electron chi connectivity index (χ4n) is 2.13. The number of likely N-dealkylation sites (N-methyl/N-ethyl adjacent to an activating group) is 1. The number of nitrogens with zero attached hydrogens (tertiary/aromatic N) is 1. The van der Waals surface area contributed by atoms with Gasteiger partial charge >= 0.3 is 0 Å². The summed E-state index contributed by atoms with van der Waals surface area (Å²) in [6, 6.07) is 15.2. The van der Waals surface area contributed by atoms with Gasteiger partial charge in [-0.1, -0.05) is 30.3 Å². The zero-order chi connectivity index (χ0) is 15.2. The van der Waals surface area contributed by atoms with Crippen LogP contribution in [0.4, 0.5) is 5.69 Å². The number of hydrogen-bond acceptors (Lipinski definition) is 3. The lowest BCUT2D eigenvalue weighted by molar-refractivity contribution is -0.117. The molecule has 0 aliphatic carbocycles. The lowest BCUT2D eigenvalue weighted by atomic mass is 10.1. The lowest BCUT2D eigenvalue weighted by Gasteiger charge is -2.18. The average molecular weight is 284 g/mol. The molecule has 21 heavy (non-hydrogen) atoms. The van der Waals surface area contributed by atoms with Crippen LogP contribution in [0, 0.1) is 0 Å². The molecule has 2 N–H and O–H groups in total. The van der Waals surface area contributed by atoms with Crippen LogP contribution in [0.25, 0.3) is 0 Å². The quantitative estimate of drug-likeness (QED) is 0.917. The van der Waals surface area contributed by atoms with Crippen LogP contribution < -0.4 is 15.4 Å². The third-order valence-electron chi connectivity index (χ3n) is 3.47. The van der Waals surface area contributed by atoms with Gasteiger partial charge < -0.3 is 15.4 Å². The van der Waals surface area contributed by atoms with Crippen molar-refractivity contribution in [2.24, 2.45) is 5.73 Å². The summed E-state index contributed by atoms with van der Waals surface area (Å²) in [6.07, 6.45) is 0.305. The summed E-state index contributed by atoms with van der Waals surface area (Å²) in [5, 5.41) is 0. The highest BCUT2D eigenvalue weighted by Crippen LogP contribution is 2.20. The summed E-state index contributed by atoms with van der Waals surface area (Å²) >= 11 is 0. The second-order valence-corrected chi connectivity index (χ2v) is 4.81. The van der Waals surface area contributed by atoms with E-state index >= 15 is 0 Å². The molecular weight excluding hydrogens is 264 g/mol. The Hall–Kier alpha value is -2.33. The summed E-state index contributed by atoms with van der Waals surface area (Å²) in [6.45, 7) is 0.499. The van der Waals surface area contributed by atoms with E-state index in [2.05, 4.69) is 0 Å². The van der Waals surface area contributed by atoms with Crippen molar-refractivity contribution in [3.63, 3.8) is 0 Å². The van der Waals surface area contributed by atoms with Gasteiger partial charge in [0.2, 0.25) is 5.91 Å². The molecule has 0 saturated heterocycles. The maximum atomic E-state index is 12.4. The molecule has 110 valence electrons. The molecule has 2 rings (SSSR count). The van der Waals surface area contributed by atoms with E-state index in [1.165, 1.54) is 0 Å². The molecule has 0 unspecified atom stereocenters. The molecule has 2 aromatic carbocycles. The van der Waals surface area contributed by atoms with Gasteiger partial charge in [-0.25, -0.2) is 0 Å². The first kappa shape index (κ1) is 15.1. The number of ether oxygens (including phenoxy) is 1. The number of para-hydroxylation sites is 1. The fourth-order valence-corrected chi connectivity index (χ4v) is 2.13. The predicted molar refractivity (Wildman–Crippen MR) is 84.4 cm³/mol. The van der Waals surface area contributed by atoms with Gasteiger partial charge in [0.15, 0.2) is 0 Å². The van der Waals surface area contributed by atoms with Crippen molar-refractivity contribution in [1.29, 1.82) is 0 Å². The third-order valence-corrected chi connectivity index (χ3v) is 3.47. The van der Waals surface area contributed by atoms with Crippen molar-refractivity contribution in [1.82, 2.24) is 0 Å². The molecule has 0 radical (unpaired) electrons. The monoisotopic (exact) mass is 284 g/mol. The Bertz CT molecular complexity index is 608. The van der Waals surface area contributed by atoms with E-state index < -0.39 is 0 Å². The molecule has 0 heterocycles. The molecule has 2 aromatic rings. The van der Waals surface area contributed by atoms with Gasteiger partial charge in [-0.2, -0.15) is 0 Å². The van der Waals surface area contributed by atoms with E-state index in [0.29, 0.717) is 13.0 Å². The maximum Gasteiger partial charge on any atom is 0.231 e. The molecule has 0 fully saturated rings. The largest absolute Gasteiger partial charge is 0.496 e. The van der Waals surface area contributed by atoms with E-state index in [4.69, 9.17) is 10.5 Å². The van der Waals surface area contributed by atoms with Crippen molar-refractivity contribution in [2.45, 2.75) is 13.0 Å². The standard InChI is InChI=1S/C17H20N2O2/c1-19(15-9-7-13(12-18)8-10-15)17(20)11-14-5-3-4-6-16(14)21-2/h3-10H,11-12,18H2,1-2H3. The van der Waals surface area contributed by atoms with Gasteiger partial charge in [-0.15, -0.1) is 0 Å². The third kappa shape index (κ3) is 3.61. The summed E-state index contributed by atoms with van der Waals surface area (Å²) in [4.78, 5) is 14.0. The van der Waals surface area contributed by atoms with Gasteiger partial charge in [0, 0.05) is 24.8 Å². The summed E-state index contributed by atoms with van der Waals surface area (Å²) < 4.78 is 5.28. The molecule has 0 atom stereocenters. The molecule has 0 bridgehead atoms. The second-order valence-electron chi connectivity index (χ2n) is 4.81. The number of nitrogens with two attached hydrogens (primary N) is 1. The Kier molecular flexibility index (Phi) is 4.95. The summed E-state index contributed by atoms with van der Waals surface area (Å²) in [7, 11) is 3.38. The highest BCUT2D eigenvalue weighted by atomic mass is 16.5. The molecular formula is C17H20N2O2. The number of amides is 1. The molecule has 1 amide bonds. The minimum atomic E-state index is 0.0139. The number of benzene rings is 2. The van der Waals surface area contributed by atoms with Crippen LogP contribution in [0.5, 0.6) is 5.75 Å². The van der Waals surface area contributed by atoms with Crippen LogP contribution in [-0.2, 0) is 17.8 Å². The number of anilines is 1. The first-order chi connectivity index (χ1) is 10.2. The topological polar surface area (TPSA) is 55.6 Å². The lowest BCUT2D eigenvalue weighted by Crippen LogP contribution is -2.28. The minimum absolute atomic E-state index is 0.0139. The van der Waals surface area contributed by atoms with E-state index in [1.54, 1.807) is 19.1 Å². The predicted octanol–water partition coefficient (Wildman–Crippen LogP) is 2.36. The zero-order valence-electron chi connectivity index (χ0n) is 12.4. The van der Waals surface area contributed by atoms with Crippen molar-refractivity contribution in [3.8, 4) is 5.75 Å². The van der Waals surface area contributed by atoms with Crippen molar-refractivity contribution >= 4 is 11.6 Å². The van der Waals surface area contributed by atoms with Gasteiger partial charge in [-0.05, 0) is 23.8 Å². The SMILES string of the molecule is COc1ccccc1CC(=O)N(C)c1ccc(CN)cc1. The van der Waals surface area contributed by atoms with Gasteiger partial charge in [0.05, 0.1) is 13.5 Å². The van der Waals surface area contributed by atoms with Crippen LogP contribution in [0.3, 0.4) is 0 Å².